The van der Waals surface area contributed by atoms with Crippen molar-refractivity contribution in [2.45, 2.75) is 12.8 Å². The summed E-state index contributed by atoms with van der Waals surface area (Å²) >= 11 is 6.22. The standard InChI is InChI=1S/C26H24ClN3O3/c27-21-11-5-7-13-23(21)30-17-19(16-24(30)31)25(32)29-22-12-6-4-10-20(22)26(33)28-15-14-18-8-2-1-3-9-18/h1-13,19H,14-17H2,(H,28,33)(H,29,32)/t19-/m0/s1. The van der Waals surface area contributed by atoms with Gasteiger partial charge in [-0.05, 0) is 36.2 Å². The number of anilines is 2. The molecule has 1 saturated heterocycles. The first-order chi connectivity index (χ1) is 16.0. The normalized spacial score (nSPS) is 15.4. The van der Waals surface area contributed by atoms with Gasteiger partial charge in [-0.15, -0.1) is 0 Å². The van der Waals surface area contributed by atoms with Gasteiger partial charge >= 0.3 is 0 Å². The number of hydrogen-bond donors (Lipinski definition) is 2. The molecular formula is C26H24ClN3O3. The Hall–Kier alpha value is -3.64. The van der Waals surface area contributed by atoms with Gasteiger partial charge in [-0.1, -0.05) is 66.2 Å². The van der Waals surface area contributed by atoms with Crippen molar-refractivity contribution in [3.05, 3.63) is 95.0 Å². The molecule has 0 radical (unpaired) electrons. The SMILES string of the molecule is O=C(NCCc1ccccc1)c1ccccc1NC(=O)[C@H]1CC(=O)N(c2ccccc2Cl)C1. The van der Waals surface area contributed by atoms with E-state index in [9.17, 15) is 14.4 Å². The van der Waals surface area contributed by atoms with E-state index in [2.05, 4.69) is 10.6 Å². The molecule has 1 heterocycles. The maximum absolute atomic E-state index is 12.9. The Morgan fingerprint density at radius 2 is 1.64 bits per heavy atom. The Balaban J connectivity index is 1.39. The van der Waals surface area contributed by atoms with Crippen molar-refractivity contribution in [3.63, 3.8) is 0 Å². The van der Waals surface area contributed by atoms with Crippen molar-refractivity contribution < 1.29 is 14.4 Å². The summed E-state index contributed by atoms with van der Waals surface area (Å²) in [7, 11) is 0. The largest absolute Gasteiger partial charge is 0.352 e. The lowest BCUT2D eigenvalue weighted by atomic mass is 10.1. The molecule has 0 aliphatic carbocycles. The molecule has 1 aliphatic rings. The lowest BCUT2D eigenvalue weighted by Gasteiger charge is -2.18. The highest BCUT2D eigenvalue weighted by atomic mass is 35.5. The van der Waals surface area contributed by atoms with E-state index in [1.165, 1.54) is 4.90 Å². The van der Waals surface area contributed by atoms with Crippen molar-refractivity contribution in [1.29, 1.82) is 0 Å². The van der Waals surface area contributed by atoms with Crippen LogP contribution in [0, 0.1) is 5.92 Å². The average Bonchev–Trinajstić information content (AvgIpc) is 3.22. The molecule has 2 N–H and O–H groups in total. The summed E-state index contributed by atoms with van der Waals surface area (Å²) in [4.78, 5) is 39.8. The van der Waals surface area contributed by atoms with E-state index in [4.69, 9.17) is 11.6 Å². The summed E-state index contributed by atoms with van der Waals surface area (Å²) in [6.07, 6.45) is 0.797. The van der Waals surface area contributed by atoms with E-state index in [-0.39, 0.29) is 30.7 Å². The number of hydrogen-bond acceptors (Lipinski definition) is 3. The molecule has 0 unspecified atom stereocenters. The van der Waals surface area contributed by atoms with Gasteiger partial charge in [0.2, 0.25) is 11.8 Å². The van der Waals surface area contributed by atoms with Crippen LogP contribution in [0.5, 0.6) is 0 Å². The van der Waals surface area contributed by atoms with Crippen LogP contribution in [-0.2, 0) is 16.0 Å². The van der Waals surface area contributed by atoms with Crippen LogP contribution in [0.1, 0.15) is 22.3 Å². The average molecular weight is 462 g/mol. The first-order valence-corrected chi connectivity index (χ1v) is 11.2. The highest BCUT2D eigenvalue weighted by Crippen LogP contribution is 2.31. The van der Waals surface area contributed by atoms with Crippen LogP contribution in [0.2, 0.25) is 5.02 Å². The monoisotopic (exact) mass is 461 g/mol. The van der Waals surface area contributed by atoms with E-state index in [0.717, 1.165) is 5.56 Å². The zero-order chi connectivity index (χ0) is 23.2. The molecule has 0 aromatic heterocycles. The number of carbonyl (C=O) groups excluding carboxylic acids is 3. The van der Waals surface area contributed by atoms with E-state index < -0.39 is 5.92 Å². The van der Waals surface area contributed by atoms with Crippen LogP contribution < -0.4 is 15.5 Å². The minimum Gasteiger partial charge on any atom is -0.352 e. The van der Waals surface area contributed by atoms with E-state index in [1.807, 2.05) is 30.3 Å². The maximum Gasteiger partial charge on any atom is 0.253 e. The van der Waals surface area contributed by atoms with Crippen LogP contribution in [0.15, 0.2) is 78.9 Å². The number of para-hydroxylation sites is 2. The zero-order valence-corrected chi connectivity index (χ0v) is 18.7. The van der Waals surface area contributed by atoms with Crippen molar-refractivity contribution in [3.8, 4) is 0 Å². The molecule has 1 aliphatic heterocycles. The molecule has 1 fully saturated rings. The number of amides is 3. The Kier molecular flexibility index (Phi) is 7.05. The van der Waals surface area contributed by atoms with Crippen molar-refractivity contribution in [2.24, 2.45) is 5.92 Å². The molecule has 33 heavy (non-hydrogen) atoms. The van der Waals surface area contributed by atoms with Gasteiger partial charge in [0.25, 0.3) is 5.91 Å². The van der Waals surface area contributed by atoms with Gasteiger partial charge in [0.1, 0.15) is 0 Å². The second-order valence-electron chi connectivity index (χ2n) is 7.88. The Morgan fingerprint density at radius 1 is 0.939 bits per heavy atom. The Morgan fingerprint density at radius 3 is 2.42 bits per heavy atom. The topological polar surface area (TPSA) is 78.5 Å². The lowest BCUT2D eigenvalue weighted by Crippen LogP contribution is -2.30. The molecule has 0 spiro atoms. The van der Waals surface area contributed by atoms with Crippen molar-refractivity contribution in [2.75, 3.05) is 23.3 Å². The fraction of sp³-hybridized carbons (Fsp3) is 0.192. The molecule has 6 nitrogen and oxygen atoms in total. The zero-order valence-electron chi connectivity index (χ0n) is 18.0. The summed E-state index contributed by atoms with van der Waals surface area (Å²) in [5, 5.41) is 6.20. The van der Waals surface area contributed by atoms with Gasteiger partial charge < -0.3 is 15.5 Å². The molecule has 0 bridgehead atoms. The van der Waals surface area contributed by atoms with Gasteiger partial charge in [-0.25, -0.2) is 0 Å². The number of rotatable bonds is 7. The molecule has 168 valence electrons. The second kappa shape index (κ2) is 10.3. The Bertz CT molecular complexity index is 1170. The summed E-state index contributed by atoms with van der Waals surface area (Å²) in [5.41, 5.74) is 2.53. The summed E-state index contributed by atoms with van der Waals surface area (Å²) in [5.74, 6) is -1.26. The predicted octanol–water partition coefficient (Wildman–Crippen LogP) is 4.30. The van der Waals surface area contributed by atoms with Gasteiger partial charge in [0.15, 0.2) is 0 Å². The summed E-state index contributed by atoms with van der Waals surface area (Å²) < 4.78 is 0. The van der Waals surface area contributed by atoms with Crippen LogP contribution in [0.25, 0.3) is 0 Å². The highest BCUT2D eigenvalue weighted by Gasteiger charge is 2.36. The maximum atomic E-state index is 12.9. The van der Waals surface area contributed by atoms with Gasteiger partial charge in [0.05, 0.1) is 27.9 Å². The number of benzene rings is 3. The third-order valence-electron chi connectivity index (χ3n) is 5.61. The van der Waals surface area contributed by atoms with E-state index in [0.29, 0.717) is 34.9 Å². The van der Waals surface area contributed by atoms with Crippen LogP contribution >= 0.6 is 11.6 Å². The Labute approximate surface area is 197 Å². The summed E-state index contributed by atoms with van der Waals surface area (Å²) in [6, 6.07) is 23.8. The third kappa shape index (κ3) is 5.41. The minimum atomic E-state index is -0.539. The van der Waals surface area contributed by atoms with E-state index >= 15 is 0 Å². The fourth-order valence-corrected chi connectivity index (χ4v) is 4.11. The van der Waals surface area contributed by atoms with Crippen LogP contribution in [0.4, 0.5) is 11.4 Å². The van der Waals surface area contributed by atoms with Crippen LogP contribution in [-0.4, -0.2) is 30.8 Å². The fourth-order valence-electron chi connectivity index (χ4n) is 3.87. The molecule has 3 amide bonds. The van der Waals surface area contributed by atoms with Crippen molar-refractivity contribution in [1.82, 2.24) is 5.32 Å². The quantitative estimate of drug-likeness (QED) is 0.550. The van der Waals surface area contributed by atoms with Gasteiger partial charge in [-0.3, -0.25) is 14.4 Å². The molecule has 3 aromatic rings. The smallest absolute Gasteiger partial charge is 0.253 e. The van der Waals surface area contributed by atoms with Crippen LogP contribution in [0.3, 0.4) is 0 Å². The van der Waals surface area contributed by atoms with E-state index in [1.54, 1.807) is 48.5 Å². The first-order valence-electron chi connectivity index (χ1n) is 10.8. The predicted molar refractivity (Wildman–Crippen MR) is 129 cm³/mol. The number of nitrogens with zero attached hydrogens (tertiary/aromatic N) is 1. The minimum absolute atomic E-state index is 0.0858. The summed E-state index contributed by atoms with van der Waals surface area (Å²) in [6.45, 7) is 0.717. The number of halogens is 1. The number of carbonyl (C=O) groups is 3. The highest BCUT2D eigenvalue weighted by molar-refractivity contribution is 6.34. The van der Waals surface area contributed by atoms with Crippen molar-refractivity contribution >= 4 is 40.7 Å². The number of nitrogens with one attached hydrogen (secondary N) is 2. The molecule has 3 aromatic carbocycles. The molecule has 1 atom stereocenters. The van der Waals surface area contributed by atoms with Gasteiger partial charge in [-0.2, -0.15) is 0 Å². The molecule has 7 heteroatoms. The lowest BCUT2D eigenvalue weighted by molar-refractivity contribution is -0.122. The van der Waals surface area contributed by atoms with Gasteiger partial charge in [0, 0.05) is 19.5 Å². The molecule has 0 saturated carbocycles. The first kappa shape index (κ1) is 22.6. The molecular weight excluding hydrogens is 438 g/mol. The molecule has 4 rings (SSSR count). The second-order valence-corrected chi connectivity index (χ2v) is 8.29. The third-order valence-corrected chi connectivity index (χ3v) is 5.93.